The van der Waals surface area contributed by atoms with E-state index in [1.165, 1.54) is 0 Å². The smallest absolute Gasteiger partial charge is 0.324 e. The van der Waals surface area contributed by atoms with Gasteiger partial charge in [0, 0.05) is 11.7 Å². The minimum Gasteiger partial charge on any atom is -0.490 e. The van der Waals surface area contributed by atoms with Gasteiger partial charge >= 0.3 is 5.69 Å². The number of benzene rings is 1. The molecule has 0 saturated heterocycles. The van der Waals surface area contributed by atoms with Crippen LogP contribution in [0.15, 0.2) is 18.2 Å². The Morgan fingerprint density at radius 2 is 2.06 bits per heavy atom. The topological polar surface area (TPSA) is 44.9 Å². The van der Waals surface area contributed by atoms with E-state index in [-0.39, 0.29) is 6.04 Å². The molecule has 0 aromatic heterocycles. The Morgan fingerprint density at radius 3 is 2.65 bits per heavy atom. The van der Waals surface area contributed by atoms with Crippen molar-refractivity contribution in [3.8, 4) is 5.75 Å². The minimum atomic E-state index is -0.0374. The summed E-state index contributed by atoms with van der Waals surface area (Å²) in [4.78, 5) is 5.37. The molecule has 1 atom stereocenters. The zero-order valence-electron chi connectivity index (χ0n) is 10.5. The molecule has 1 N–H and O–H groups in total. The number of para-hydroxylation sites is 1. The van der Waals surface area contributed by atoms with Gasteiger partial charge in [-0.05, 0) is 19.1 Å². The normalized spacial score (nSPS) is 19.3. The summed E-state index contributed by atoms with van der Waals surface area (Å²) in [6.07, 6.45) is 0. The van der Waals surface area contributed by atoms with E-state index < -0.39 is 0 Å². The maximum absolute atomic E-state index is 10.2. The van der Waals surface area contributed by atoms with Gasteiger partial charge in [0.1, 0.15) is 11.7 Å². The highest BCUT2D eigenvalue weighted by molar-refractivity contribution is 5.90. The van der Waals surface area contributed by atoms with Crippen LogP contribution in [-0.2, 0) is 4.84 Å². The van der Waals surface area contributed by atoms with E-state index in [4.69, 9.17) is 9.57 Å². The van der Waals surface area contributed by atoms with E-state index in [9.17, 15) is 5.21 Å². The molecule has 1 unspecified atom stereocenters. The lowest BCUT2D eigenvalue weighted by atomic mass is 10.1. The fourth-order valence-corrected chi connectivity index (χ4v) is 2.05. The van der Waals surface area contributed by atoms with Crippen LogP contribution in [0.5, 0.6) is 5.75 Å². The van der Waals surface area contributed by atoms with Crippen LogP contribution in [-0.4, -0.2) is 35.9 Å². The highest BCUT2D eigenvalue weighted by atomic mass is 16.7. The van der Waals surface area contributed by atoms with Gasteiger partial charge < -0.3 is 4.74 Å². The molecule has 0 amide bonds. The number of hydrogen-bond donors (Lipinski definition) is 1. The maximum atomic E-state index is 10.2. The quantitative estimate of drug-likeness (QED) is 0.631. The molecule has 0 spiro atoms. The lowest BCUT2D eigenvalue weighted by Gasteiger charge is -2.29. The minimum absolute atomic E-state index is 0.0374. The molecule has 92 valence electrons. The van der Waals surface area contributed by atoms with E-state index in [0.717, 1.165) is 16.1 Å². The Labute approximate surface area is 100 Å². The Kier molecular flexibility index (Phi) is 2.93. The van der Waals surface area contributed by atoms with Gasteiger partial charge in [-0.3, -0.25) is 10.0 Å². The average molecular weight is 237 g/mol. The number of hydrogen-bond acceptors (Lipinski definition) is 4. The zero-order valence-corrected chi connectivity index (χ0v) is 10.5. The van der Waals surface area contributed by atoms with Crippen LogP contribution in [0.25, 0.3) is 0 Å². The van der Waals surface area contributed by atoms with E-state index in [1.54, 1.807) is 25.3 Å². The van der Waals surface area contributed by atoms with Gasteiger partial charge in [-0.2, -0.15) is 0 Å². The molecule has 5 heteroatoms. The van der Waals surface area contributed by atoms with Crippen LogP contribution in [0.3, 0.4) is 0 Å². The molecular weight excluding hydrogens is 220 g/mol. The fraction of sp³-hybridized carbons (Fsp3) is 0.417. The van der Waals surface area contributed by atoms with E-state index in [0.29, 0.717) is 11.4 Å². The van der Waals surface area contributed by atoms with Crippen molar-refractivity contribution in [1.29, 1.82) is 0 Å². The van der Waals surface area contributed by atoms with Gasteiger partial charge in [-0.25, -0.2) is 5.06 Å². The lowest BCUT2D eigenvalue weighted by Crippen LogP contribution is -2.43. The Hall–Kier alpha value is -1.75. The lowest BCUT2D eigenvalue weighted by molar-refractivity contribution is -0.715. The second-order valence-electron chi connectivity index (χ2n) is 3.97. The summed E-state index contributed by atoms with van der Waals surface area (Å²) >= 11 is 0. The average Bonchev–Trinajstić information content (AvgIpc) is 2.36. The third-order valence-electron chi connectivity index (χ3n) is 3.13. The molecule has 1 aliphatic heterocycles. The van der Waals surface area contributed by atoms with Crippen LogP contribution >= 0.6 is 0 Å². The van der Waals surface area contributed by atoms with Crippen LogP contribution in [0.2, 0.25) is 0 Å². The monoisotopic (exact) mass is 237 g/mol. The summed E-state index contributed by atoms with van der Waals surface area (Å²) < 4.78 is 6.42. The molecule has 0 fully saturated rings. The fourth-order valence-electron chi connectivity index (χ4n) is 2.05. The number of rotatable bonds is 2. The largest absolute Gasteiger partial charge is 0.490 e. The number of hydroxylamine groups is 1. The summed E-state index contributed by atoms with van der Waals surface area (Å²) in [5, 5.41) is 11.9. The first kappa shape index (κ1) is 11.7. The molecule has 5 nitrogen and oxygen atoms in total. The van der Waals surface area contributed by atoms with Crippen LogP contribution in [0.1, 0.15) is 13.8 Å². The van der Waals surface area contributed by atoms with E-state index in [2.05, 4.69) is 0 Å². The standard InChI is InChI=1S/C12H17N2O3/c1-8-9(2)14(17-4)10-6-5-7-11(16-3)12(10)13(8)15/h5-7,9,15H,1-4H3/q+1. The van der Waals surface area contributed by atoms with Gasteiger partial charge in [0.15, 0.2) is 5.75 Å². The predicted molar refractivity (Wildman–Crippen MR) is 64.3 cm³/mol. The van der Waals surface area contributed by atoms with Gasteiger partial charge in [-0.15, -0.1) is 0 Å². The third-order valence-corrected chi connectivity index (χ3v) is 3.13. The third kappa shape index (κ3) is 1.63. The first-order valence-corrected chi connectivity index (χ1v) is 5.44. The molecule has 0 bridgehead atoms. The number of ether oxygens (including phenoxy) is 1. The number of nitrogens with zero attached hydrogens (tertiary/aromatic N) is 2. The van der Waals surface area contributed by atoms with Crippen molar-refractivity contribution < 1.29 is 19.5 Å². The van der Waals surface area contributed by atoms with Gasteiger partial charge in [0.25, 0.3) is 0 Å². The second-order valence-corrected chi connectivity index (χ2v) is 3.97. The molecule has 2 rings (SSSR count). The molecule has 0 saturated carbocycles. The van der Waals surface area contributed by atoms with E-state index in [1.807, 2.05) is 26.0 Å². The Balaban J connectivity index is 2.69. The summed E-state index contributed by atoms with van der Waals surface area (Å²) in [5.74, 6) is 0.610. The molecular formula is C12H17N2O3+. The summed E-state index contributed by atoms with van der Waals surface area (Å²) in [5.41, 5.74) is 2.17. The Bertz CT molecular complexity index is 471. The first-order valence-electron chi connectivity index (χ1n) is 5.44. The van der Waals surface area contributed by atoms with Crippen molar-refractivity contribution in [3.05, 3.63) is 18.2 Å². The van der Waals surface area contributed by atoms with Crippen LogP contribution in [0, 0.1) is 0 Å². The molecule has 1 aliphatic rings. The SMILES string of the molecule is COc1cccc2c1[N+](O)=C(C)C(C)N2OC. The van der Waals surface area contributed by atoms with Crippen molar-refractivity contribution >= 4 is 17.1 Å². The van der Waals surface area contributed by atoms with Crippen molar-refractivity contribution in [2.24, 2.45) is 0 Å². The van der Waals surface area contributed by atoms with E-state index >= 15 is 0 Å². The molecule has 1 aromatic carbocycles. The number of methoxy groups -OCH3 is 1. The van der Waals surface area contributed by atoms with Crippen LogP contribution in [0.4, 0.5) is 11.4 Å². The summed E-state index contributed by atoms with van der Waals surface area (Å²) in [6.45, 7) is 3.82. The highest BCUT2D eigenvalue weighted by Gasteiger charge is 2.38. The summed E-state index contributed by atoms with van der Waals surface area (Å²) in [6, 6.07) is 5.52. The number of fused-ring (bicyclic) bond motifs is 1. The molecule has 1 aromatic rings. The van der Waals surface area contributed by atoms with Crippen molar-refractivity contribution in [1.82, 2.24) is 0 Å². The van der Waals surface area contributed by atoms with Crippen LogP contribution < -0.4 is 9.80 Å². The first-order chi connectivity index (χ1) is 8.11. The molecule has 1 heterocycles. The molecule has 17 heavy (non-hydrogen) atoms. The van der Waals surface area contributed by atoms with Gasteiger partial charge in [-0.1, -0.05) is 6.07 Å². The zero-order chi connectivity index (χ0) is 12.6. The summed E-state index contributed by atoms with van der Waals surface area (Å²) in [7, 11) is 3.19. The highest BCUT2D eigenvalue weighted by Crippen LogP contribution is 2.40. The Morgan fingerprint density at radius 1 is 1.35 bits per heavy atom. The molecule has 0 radical (unpaired) electrons. The van der Waals surface area contributed by atoms with Crippen molar-refractivity contribution in [2.75, 3.05) is 19.3 Å². The predicted octanol–water partition coefficient (Wildman–Crippen LogP) is 1.96. The maximum Gasteiger partial charge on any atom is 0.324 e. The second kappa shape index (κ2) is 4.25. The van der Waals surface area contributed by atoms with Crippen molar-refractivity contribution in [3.63, 3.8) is 0 Å². The molecule has 0 aliphatic carbocycles. The van der Waals surface area contributed by atoms with Gasteiger partial charge in [0.05, 0.1) is 14.2 Å². The van der Waals surface area contributed by atoms with Gasteiger partial charge in [0.2, 0.25) is 5.71 Å². The van der Waals surface area contributed by atoms with Crippen molar-refractivity contribution in [2.45, 2.75) is 19.9 Å². The number of anilines is 1.